The molecule has 0 amide bonds. The summed E-state index contributed by atoms with van der Waals surface area (Å²) in [4.78, 5) is 15.6. The van der Waals surface area contributed by atoms with Crippen LogP contribution in [-0.4, -0.2) is 17.6 Å². The number of hydrogen-bond donors (Lipinski definition) is 0. The molecule has 6 nitrogen and oxygen atoms in total. The predicted octanol–water partition coefficient (Wildman–Crippen LogP) is 1.67. The molecule has 0 aliphatic heterocycles. The van der Waals surface area contributed by atoms with Crippen LogP contribution in [0.15, 0.2) is 42.7 Å². The van der Waals surface area contributed by atoms with Gasteiger partial charge in [0.25, 0.3) is 0 Å². The molecular weight excluding hydrogens is 286 g/mol. The molecular formula is C13H10F2N2O4. The highest BCUT2D eigenvalue weighted by atomic mass is 19.3. The first-order valence-corrected chi connectivity index (χ1v) is 5.82. The molecule has 0 aliphatic carbocycles. The Bertz CT molecular complexity index is 637. The van der Waals surface area contributed by atoms with Crippen molar-refractivity contribution in [3.63, 3.8) is 0 Å². The van der Waals surface area contributed by atoms with Crippen LogP contribution in [-0.2, 0) is 11.3 Å². The second-order valence-electron chi connectivity index (χ2n) is 3.81. The number of aromatic nitrogens is 2. The Labute approximate surface area is 118 Å². The smallest absolute Gasteiger partial charge is 0.387 e. The number of carbonyl (C=O) groups is 1. The lowest BCUT2D eigenvalue weighted by Crippen LogP contribution is -2.33. The highest BCUT2D eigenvalue weighted by molar-refractivity contribution is 5.92. The summed E-state index contributed by atoms with van der Waals surface area (Å²) in [5, 5.41) is 11.3. The van der Waals surface area contributed by atoms with Gasteiger partial charge in [0, 0.05) is 6.07 Å². The minimum atomic E-state index is -3.06. The molecule has 0 unspecified atom stereocenters. The van der Waals surface area contributed by atoms with E-state index in [1.54, 1.807) is 0 Å². The van der Waals surface area contributed by atoms with E-state index in [4.69, 9.17) is 4.74 Å². The minimum Gasteiger partial charge on any atom is -0.711 e. The van der Waals surface area contributed by atoms with Crippen LogP contribution in [0, 0.1) is 5.21 Å². The molecule has 0 saturated carbocycles. The summed E-state index contributed by atoms with van der Waals surface area (Å²) in [6, 6.07) is 6.84. The van der Waals surface area contributed by atoms with E-state index in [1.165, 1.54) is 42.7 Å². The zero-order chi connectivity index (χ0) is 15.2. The summed E-state index contributed by atoms with van der Waals surface area (Å²) in [7, 11) is 0. The van der Waals surface area contributed by atoms with Crippen LogP contribution >= 0.6 is 0 Å². The third-order valence-electron chi connectivity index (χ3n) is 2.44. The Hall–Kier alpha value is -2.77. The maximum absolute atomic E-state index is 12.2. The van der Waals surface area contributed by atoms with E-state index in [-0.39, 0.29) is 23.7 Å². The van der Waals surface area contributed by atoms with Gasteiger partial charge in [-0.1, -0.05) is 12.1 Å². The Morgan fingerprint density at radius 2 is 2.10 bits per heavy atom. The molecule has 0 atom stereocenters. The minimum absolute atomic E-state index is 0.0295. The summed E-state index contributed by atoms with van der Waals surface area (Å²) in [5.74, 6) is -1.22. The summed E-state index contributed by atoms with van der Waals surface area (Å²) < 4.78 is 34.0. The van der Waals surface area contributed by atoms with Crippen molar-refractivity contribution in [2.45, 2.75) is 13.2 Å². The van der Waals surface area contributed by atoms with Crippen molar-refractivity contribution >= 4 is 5.97 Å². The lowest BCUT2D eigenvalue weighted by molar-refractivity contribution is -0.620. The highest BCUT2D eigenvalue weighted by Crippen LogP contribution is 2.21. The SMILES string of the molecule is O=C(OCc1nccc[n+]1[O-])c1ccccc1OC(F)F. The lowest BCUT2D eigenvalue weighted by Gasteiger charge is -2.10. The molecule has 0 N–H and O–H groups in total. The number of carbonyl (C=O) groups excluding carboxylic acids is 1. The molecule has 8 heteroatoms. The number of halogens is 2. The number of benzene rings is 1. The quantitative estimate of drug-likeness (QED) is 0.476. The maximum atomic E-state index is 12.2. The maximum Gasteiger partial charge on any atom is 0.387 e. The van der Waals surface area contributed by atoms with E-state index in [1.807, 2.05) is 0 Å². The predicted molar refractivity (Wildman–Crippen MR) is 65.4 cm³/mol. The molecule has 0 saturated heterocycles. The second-order valence-corrected chi connectivity index (χ2v) is 3.81. The van der Waals surface area contributed by atoms with Crippen LogP contribution in [0.1, 0.15) is 16.2 Å². The van der Waals surface area contributed by atoms with Gasteiger partial charge < -0.3 is 14.7 Å². The van der Waals surface area contributed by atoms with Crippen LogP contribution in [0.25, 0.3) is 0 Å². The van der Waals surface area contributed by atoms with Crippen molar-refractivity contribution in [1.29, 1.82) is 0 Å². The van der Waals surface area contributed by atoms with Crippen molar-refractivity contribution < 1.29 is 27.8 Å². The standard InChI is InChI=1S/C13H10F2N2O4/c14-13(15)21-10-5-2-1-4-9(10)12(18)20-8-11-16-6-3-7-17(11)19/h1-7,13H,8H2. The summed E-state index contributed by atoms with van der Waals surface area (Å²) in [6.07, 6.45) is 2.56. The van der Waals surface area contributed by atoms with Crippen LogP contribution in [0.5, 0.6) is 5.75 Å². The van der Waals surface area contributed by atoms with E-state index in [2.05, 4.69) is 9.72 Å². The average Bonchev–Trinajstić information content (AvgIpc) is 2.46. The molecule has 1 heterocycles. The van der Waals surface area contributed by atoms with Gasteiger partial charge in [-0.05, 0) is 17.1 Å². The van der Waals surface area contributed by atoms with Gasteiger partial charge in [0.05, 0.1) is 6.20 Å². The van der Waals surface area contributed by atoms with E-state index < -0.39 is 12.6 Å². The molecule has 2 rings (SSSR count). The van der Waals surface area contributed by atoms with E-state index in [9.17, 15) is 18.8 Å². The zero-order valence-electron chi connectivity index (χ0n) is 10.6. The number of hydrogen-bond acceptors (Lipinski definition) is 5. The molecule has 0 spiro atoms. The van der Waals surface area contributed by atoms with Gasteiger partial charge in [-0.25, -0.2) is 9.52 Å². The van der Waals surface area contributed by atoms with Gasteiger partial charge in [0.2, 0.25) is 0 Å². The van der Waals surface area contributed by atoms with Gasteiger partial charge in [-0.15, -0.1) is 0 Å². The van der Waals surface area contributed by atoms with Crippen molar-refractivity contribution in [3.8, 4) is 5.75 Å². The van der Waals surface area contributed by atoms with Crippen molar-refractivity contribution in [3.05, 3.63) is 59.3 Å². The Balaban J connectivity index is 2.09. The van der Waals surface area contributed by atoms with Gasteiger partial charge >= 0.3 is 18.4 Å². The first-order chi connectivity index (χ1) is 10.1. The number of alkyl halides is 2. The van der Waals surface area contributed by atoms with Crippen molar-refractivity contribution in [2.24, 2.45) is 0 Å². The number of rotatable bonds is 5. The van der Waals surface area contributed by atoms with Gasteiger partial charge in [-0.3, -0.25) is 0 Å². The second kappa shape index (κ2) is 6.60. The average molecular weight is 296 g/mol. The number of nitrogens with zero attached hydrogens (tertiary/aromatic N) is 2. The fraction of sp³-hybridized carbons (Fsp3) is 0.154. The van der Waals surface area contributed by atoms with E-state index in [0.29, 0.717) is 4.73 Å². The zero-order valence-corrected chi connectivity index (χ0v) is 10.6. The topological polar surface area (TPSA) is 75.4 Å². The number of ether oxygens (including phenoxy) is 2. The van der Waals surface area contributed by atoms with Gasteiger partial charge in [-0.2, -0.15) is 8.78 Å². The molecule has 0 aliphatic rings. The Morgan fingerprint density at radius 3 is 2.81 bits per heavy atom. The molecule has 0 radical (unpaired) electrons. The van der Waals surface area contributed by atoms with Crippen molar-refractivity contribution in [1.82, 2.24) is 4.98 Å². The summed E-state index contributed by atoms with van der Waals surface area (Å²) >= 11 is 0. The van der Waals surface area contributed by atoms with E-state index in [0.717, 1.165) is 0 Å². The van der Waals surface area contributed by atoms with Crippen molar-refractivity contribution in [2.75, 3.05) is 0 Å². The third-order valence-corrected chi connectivity index (χ3v) is 2.44. The largest absolute Gasteiger partial charge is 0.711 e. The van der Waals surface area contributed by atoms with E-state index >= 15 is 0 Å². The molecule has 2 aromatic rings. The lowest BCUT2D eigenvalue weighted by atomic mass is 10.2. The Kier molecular flexibility index (Phi) is 4.60. The molecule has 1 aromatic carbocycles. The Morgan fingerprint density at radius 1 is 1.33 bits per heavy atom. The summed E-state index contributed by atoms with van der Waals surface area (Å²) in [6.45, 7) is -3.44. The summed E-state index contributed by atoms with van der Waals surface area (Å²) in [5.41, 5.74) is -0.161. The van der Waals surface area contributed by atoms with Crippen LogP contribution in [0.3, 0.4) is 0 Å². The van der Waals surface area contributed by atoms with Crippen LogP contribution in [0.4, 0.5) is 8.78 Å². The van der Waals surface area contributed by atoms with Gasteiger partial charge in [0.15, 0.2) is 6.61 Å². The van der Waals surface area contributed by atoms with Crippen LogP contribution < -0.4 is 9.47 Å². The third kappa shape index (κ3) is 3.85. The first kappa shape index (κ1) is 14.6. The van der Waals surface area contributed by atoms with Crippen LogP contribution in [0.2, 0.25) is 0 Å². The normalized spacial score (nSPS) is 10.4. The highest BCUT2D eigenvalue weighted by Gasteiger charge is 2.18. The monoisotopic (exact) mass is 296 g/mol. The number of para-hydroxylation sites is 1. The molecule has 0 bridgehead atoms. The fourth-order valence-electron chi connectivity index (χ4n) is 1.53. The molecule has 1 aromatic heterocycles. The molecule has 110 valence electrons. The number of esters is 1. The molecule has 21 heavy (non-hydrogen) atoms. The fourth-order valence-corrected chi connectivity index (χ4v) is 1.53. The molecule has 0 fully saturated rings. The first-order valence-electron chi connectivity index (χ1n) is 5.82. The van der Waals surface area contributed by atoms with Gasteiger partial charge in [0.1, 0.15) is 17.5 Å².